The Bertz CT molecular complexity index is 800. The predicted octanol–water partition coefficient (Wildman–Crippen LogP) is 3.26. The van der Waals surface area contributed by atoms with E-state index in [0.29, 0.717) is 24.0 Å². The summed E-state index contributed by atoms with van der Waals surface area (Å²) >= 11 is 0. The van der Waals surface area contributed by atoms with Gasteiger partial charge in [-0.3, -0.25) is 9.59 Å². The summed E-state index contributed by atoms with van der Waals surface area (Å²) in [7, 11) is 0. The highest BCUT2D eigenvalue weighted by atomic mass is 16.5. The molecule has 4 bridgehead atoms. The van der Waals surface area contributed by atoms with Crippen LogP contribution in [-0.4, -0.2) is 40.8 Å². The summed E-state index contributed by atoms with van der Waals surface area (Å²) in [5.41, 5.74) is 1.77. The molecule has 1 amide bonds. The number of aliphatic carboxylic acids is 1. The van der Waals surface area contributed by atoms with Crippen LogP contribution >= 0.6 is 0 Å². The Kier molecular flexibility index (Phi) is 5.45. The summed E-state index contributed by atoms with van der Waals surface area (Å²) < 4.78 is 5.68. The van der Waals surface area contributed by atoms with Crippen molar-refractivity contribution < 1.29 is 24.5 Å². The van der Waals surface area contributed by atoms with Crippen LogP contribution < -0.4 is 10.1 Å². The topological polar surface area (TPSA) is 95.9 Å². The standard InChI is InChI=1S/C25H33NO5/c27-22-6-1-18(24(29)30)10-21(22)26-23(28)14-31-20-4-2-19(3-5-20)25-11-15-7-16(12-25)9-17(8-15)13-25/h2-5,15-18,21-22,27H,1,6-14H2,(H,26,28)(H,29,30). The fraction of sp³-hybridized carbons (Fsp3) is 0.680. The van der Waals surface area contributed by atoms with Crippen LogP contribution in [0.15, 0.2) is 24.3 Å². The number of carboxylic acids is 1. The average Bonchev–Trinajstić information content (AvgIpc) is 2.73. The molecule has 0 radical (unpaired) electrons. The second kappa shape index (κ2) is 8.12. The molecular weight excluding hydrogens is 394 g/mol. The minimum absolute atomic E-state index is 0.141. The number of carboxylic acid groups (broad SMARTS) is 1. The van der Waals surface area contributed by atoms with Crippen LogP contribution in [0, 0.1) is 23.7 Å². The van der Waals surface area contributed by atoms with E-state index in [2.05, 4.69) is 17.4 Å². The van der Waals surface area contributed by atoms with Crippen molar-refractivity contribution in [3.8, 4) is 5.75 Å². The normalized spacial score (nSPS) is 38.6. The van der Waals surface area contributed by atoms with Crippen molar-refractivity contribution in [1.82, 2.24) is 5.32 Å². The Balaban J connectivity index is 1.15. The van der Waals surface area contributed by atoms with Crippen LogP contribution in [0.1, 0.15) is 63.4 Å². The number of carbonyl (C=O) groups is 2. The highest BCUT2D eigenvalue weighted by Crippen LogP contribution is 2.60. The lowest BCUT2D eigenvalue weighted by Gasteiger charge is -2.57. The van der Waals surface area contributed by atoms with Crippen molar-refractivity contribution in [2.75, 3.05) is 6.61 Å². The van der Waals surface area contributed by atoms with Crippen LogP contribution in [-0.2, 0) is 15.0 Å². The lowest BCUT2D eigenvalue weighted by atomic mass is 9.48. The van der Waals surface area contributed by atoms with Crippen LogP contribution in [0.2, 0.25) is 0 Å². The molecule has 6 nitrogen and oxygen atoms in total. The quantitative estimate of drug-likeness (QED) is 0.648. The molecule has 6 heteroatoms. The number of hydrogen-bond acceptors (Lipinski definition) is 4. The van der Waals surface area contributed by atoms with Crippen LogP contribution in [0.5, 0.6) is 5.75 Å². The average molecular weight is 428 g/mol. The van der Waals surface area contributed by atoms with Crippen LogP contribution in [0.25, 0.3) is 0 Å². The van der Waals surface area contributed by atoms with Gasteiger partial charge in [-0.25, -0.2) is 0 Å². The zero-order valence-electron chi connectivity index (χ0n) is 18.0. The molecule has 5 aliphatic carbocycles. The summed E-state index contributed by atoms with van der Waals surface area (Å²) in [6, 6.07) is 7.77. The summed E-state index contributed by atoms with van der Waals surface area (Å²) in [5.74, 6) is 1.65. The molecule has 0 spiro atoms. The zero-order chi connectivity index (χ0) is 21.6. The van der Waals surface area contributed by atoms with Gasteiger partial charge >= 0.3 is 5.97 Å². The highest BCUT2D eigenvalue weighted by molar-refractivity contribution is 5.78. The first-order valence-corrected chi connectivity index (χ1v) is 11.8. The van der Waals surface area contributed by atoms with Crippen LogP contribution in [0.4, 0.5) is 0 Å². The molecule has 31 heavy (non-hydrogen) atoms. The third-order valence-corrected chi connectivity index (χ3v) is 8.38. The number of carbonyl (C=O) groups excluding carboxylic acids is 1. The van der Waals surface area contributed by atoms with E-state index in [4.69, 9.17) is 4.74 Å². The third kappa shape index (κ3) is 4.19. The Morgan fingerprint density at radius 2 is 1.58 bits per heavy atom. The minimum Gasteiger partial charge on any atom is -0.484 e. The number of benzene rings is 1. The number of ether oxygens (including phenoxy) is 1. The Morgan fingerprint density at radius 3 is 2.16 bits per heavy atom. The molecule has 0 saturated heterocycles. The van der Waals surface area contributed by atoms with Gasteiger partial charge in [0.25, 0.3) is 5.91 Å². The van der Waals surface area contributed by atoms with Crippen molar-refractivity contribution in [2.24, 2.45) is 23.7 Å². The van der Waals surface area contributed by atoms with E-state index < -0.39 is 24.0 Å². The summed E-state index contributed by atoms with van der Waals surface area (Å²) in [6.45, 7) is -0.141. The summed E-state index contributed by atoms with van der Waals surface area (Å²) in [5, 5.41) is 22.0. The molecule has 3 atom stereocenters. The number of aliphatic hydroxyl groups is 1. The zero-order valence-corrected chi connectivity index (χ0v) is 18.0. The van der Waals surface area contributed by atoms with Gasteiger partial charge in [0.15, 0.2) is 6.61 Å². The summed E-state index contributed by atoms with van der Waals surface area (Å²) in [6.07, 6.45) is 8.62. The number of rotatable bonds is 6. The predicted molar refractivity (Wildman–Crippen MR) is 115 cm³/mol. The van der Waals surface area contributed by atoms with Crippen molar-refractivity contribution in [1.29, 1.82) is 0 Å². The first kappa shape index (κ1) is 20.8. The lowest BCUT2D eigenvalue weighted by molar-refractivity contribution is -0.144. The van der Waals surface area contributed by atoms with Gasteiger partial charge < -0.3 is 20.3 Å². The first-order chi connectivity index (χ1) is 14.9. The molecular formula is C25H33NO5. The van der Waals surface area contributed by atoms with Gasteiger partial charge in [0.05, 0.1) is 18.1 Å². The van der Waals surface area contributed by atoms with Gasteiger partial charge in [0.2, 0.25) is 0 Å². The molecule has 3 N–H and O–H groups in total. The number of nitrogens with one attached hydrogen (secondary N) is 1. The van der Waals surface area contributed by atoms with Gasteiger partial charge in [-0.15, -0.1) is 0 Å². The van der Waals surface area contributed by atoms with E-state index in [1.165, 1.54) is 44.1 Å². The molecule has 1 aromatic carbocycles. The summed E-state index contributed by atoms with van der Waals surface area (Å²) in [4.78, 5) is 23.5. The van der Waals surface area contributed by atoms with E-state index in [1.807, 2.05) is 12.1 Å². The highest BCUT2D eigenvalue weighted by Gasteiger charge is 2.51. The minimum atomic E-state index is -0.874. The second-order valence-electron chi connectivity index (χ2n) is 10.6. The Hall–Kier alpha value is -2.08. The van der Waals surface area contributed by atoms with Crippen molar-refractivity contribution in [2.45, 2.75) is 75.3 Å². The van der Waals surface area contributed by atoms with Gasteiger partial charge in [-0.2, -0.15) is 0 Å². The maximum Gasteiger partial charge on any atom is 0.306 e. The monoisotopic (exact) mass is 427 g/mol. The van der Waals surface area contributed by atoms with Gasteiger partial charge in [0.1, 0.15) is 5.75 Å². The Labute approximate surface area is 183 Å². The SMILES string of the molecule is O=C(COc1ccc(C23CC4CC(CC(C4)C2)C3)cc1)NC1CC(C(=O)O)CCC1O. The Morgan fingerprint density at radius 1 is 0.968 bits per heavy atom. The smallest absolute Gasteiger partial charge is 0.306 e. The maximum absolute atomic E-state index is 12.3. The molecule has 6 rings (SSSR count). The number of aliphatic hydroxyl groups excluding tert-OH is 1. The number of hydrogen-bond donors (Lipinski definition) is 3. The maximum atomic E-state index is 12.3. The van der Waals surface area contributed by atoms with Gasteiger partial charge in [-0.1, -0.05) is 12.1 Å². The fourth-order valence-corrected chi connectivity index (χ4v) is 7.30. The van der Waals surface area contributed by atoms with E-state index in [-0.39, 0.29) is 18.9 Å². The van der Waals surface area contributed by atoms with Crippen molar-refractivity contribution in [3.63, 3.8) is 0 Å². The number of amides is 1. The van der Waals surface area contributed by atoms with Crippen molar-refractivity contribution >= 4 is 11.9 Å². The van der Waals surface area contributed by atoms with Gasteiger partial charge in [0, 0.05) is 0 Å². The van der Waals surface area contributed by atoms with E-state index in [1.54, 1.807) is 0 Å². The van der Waals surface area contributed by atoms with Gasteiger partial charge in [-0.05, 0) is 98.7 Å². The van der Waals surface area contributed by atoms with Crippen molar-refractivity contribution in [3.05, 3.63) is 29.8 Å². The van der Waals surface area contributed by atoms with E-state index >= 15 is 0 Å². The molecule has 5 saturated carbocycles. The lowest BCUT2D eigenvalue weighted by Crippen LogP contribution is -2.49. The fourth-order valence-electron chi connectivity index (χ4n) is 7.30. The molecule has 0 aliphatic heterocycles. The third-order valence-electron chi connectivity index (χ3n) is 8.38. The second-order valence-corrected chi connectivity index (χ2v) is 10.6. The molecule has 1 aromatic rings. The van der Waals surface area contributed by atoms with E-state index in [0.717, 1.165) is 17.8 Å². The largest absolute Gasteiger partial charge is 0.484 e. The molecule has 0 heterocycles. The van der Waals surface area contributed by atoms with E-state index in [9.17, 15) is 19.8 Å². The molecule has 5 fully saturated rings. The molecule has 5 aliphatic rings. The first-order valence-electron chi connectivity index (χ1n) is 11.8. The van der Waals surface area contributed by atoms with Crippen LogP contribution in [0.3, 0.4) is 0 Å². The molecule has 3 unspecified atom stereocenters. The molecule has 168 valence electrons. The molecule has 0 aromatic heterocycles.